The number of anilines is 2. The van der Waals surface area contributed by atoms with E-state index in [1.807, 2.05) is 0 Å². The standard InChI is InChI=1S/C12H11BrFN3O2S2/c13-7-4-6(15)5-10(11(7)14)21(18,19)17-12-16-8-2-1-3-9(8)20-12/h4-5H,1-3,15H2,(H,16,17). The van der Waals surface area contributed by atoms with Gasteiger partial charge in [0.1, 0.15) is 4.90 Å². The third-order valence-corrected chi connectivity index (χ3v) is 6.24. The number of hydrogen-bond acceptors (Lipinski definition) is 5. The summed E-state index contributed by atoms with van der Waals surface area (Å²) >= 11 is 4.24. The smallest absolute Gasteiger partial charge is 0.266 e. The van der Waals surface area contributed by atoms with Crippen LogP contribution in [0.25, 0.3) is 0 Å². The molecule has 0 unspecified atom stereocenters. The molecule has 3 N–H and O–H groups in total. The molecule has 0 saturated carbocycles. The molecule has 1 aliphatic carbocycles. The van der Waals surface area contributed by atoms with E-state index in [0.717, 1.165) is 35.9 Å². The molecule has 9 heteroatoms. The van der Waals surface area contributed by atoms with Crippen molar-refractivity contribution >= 4 is 48.1 Å². The van der Waals surface area contributed by atoms with E-state index >= 15 is 0 Å². The average molecular weight is 392 g/mol. The summed E-state index contributed by atoms with van der Waals surface area (Å²) in [5.74, 6) is -0.874. The fourth-order valence-corrected chi connectivity index (χ4v) is 5.21. The molecule has 2 aromatic rings. The molecule has 0 bridgehead atoms. The average Bonchev–Trinajstić information content (AvgIpc) is 2.93. The van der Waals surface area contributed by atoms with Crippen LogP contribution in [0, 0.1) is 5.82 Å². The molecule has 1 aromatic carbocycles. The maximum Gasteiger partial charge on any atom is 0.266 e. The Bertz CT molecular complexity index is 799. The number of sulfonamides is 1. The molecular formula is C12H11BrFN3O2S2. The van der Waals surface area contributed by atoms with E-state index < -0.39 is 20.7 Å². The number of nitrogen functional groups attached to an aromatic ring is 1. The lowest BCUT2D eigenvalue weighted by Gasteiger charge is -2.08. The molecule has 0 aliphatic heterocycles. The number of thiazole rings is 1. The molecule has 5 nitrogen and oxygen atoms in total. The second kappa shape index (κ2) is 5.22. The van der Waals surface area contributed by atoms with Crippen LogP contribution >= 0.6 is 27.3 Å². The number of rotatable bonds is 3. The lowest BCUT2D eigenvalue weighted by atomic mass is 10.3. The minimum atomic E-state index is -4.06. The van der Waals surface area contributed by atoms with Crippen LogP contribution in [-0.4, -0.2) is 13.4 Å². The number of benzene rings is 1. The summed E-state index contributed by atoms with van der Waals surface area (Å²) in [6.45, 7) is 0. The van der Waals surface area contributed by atoms with E-state index in [1.54, 1.807) is 0 Å². The zero-order valence-corrected chi connectivity index (χ0v) is 13.9. The van der Waals surface area contributed by atoms with Crippen molar-refractivity contribution in [1.29, 1.82) is 0 Å². The predicted octanol–water partition coefficient (Wildman–Crippen LogP) is 2.92. The van der Waals surface area contributed by atoms with E-state index in [1.165, 1.54) is 17.4 Å². The molecule has 3 rings (SSSR count). The Morgan fingerprint density at radius 3 is 2.86 bits per heavy atom. The molecule has 112 valence electrons. The van der Waals surface area contributed by atoms with Crippen molar-refractivity contribution in [1.82, 2.24) is 4.98 Å². The minimum Gasteiger partial charge on any atom is -0.399 e. The van der Waals surface area contributed by atoms with Gasteiger partial charge in [0.2, 0.25) is 0 Å². The molecule has 21 heavy (non-hydrogen) atoms. The number of fused-ring (bicyclic) bond motifs is 1. The summed E-state index contributed by atoms with van der Waals surface area (Å²) in [5.41, 5.74) is 6.66. The predicted molar refractivity (Wildman–Crippen MR) is 83.5 cm³/mol. The maximum atomic E-state index is 14.0. The summed E-state index contributed by atoms with van der Waals surface area (Å²) in [4.78, 5) is 4.83. The van der Waals surface area contributed by atoms with Gasteiger partial charge in [-0.3, -0.25) is 4.72 Å². The molecule has 0 radical (unpaired) electrons. The molecule has 0 amide bonds. The van der Waals surface area contributed by atoms with Crippen molar-refractivity contribution in [3.05, 3.63) is 33.0 Å². The largest absolute Gasteiger partial charge is 0.399 e. The van der Waals surface area contributed by atoms with Crippen LogP contribution in [-0.2, 0) is 22.9 Å². The molecule has 1 heterocycles. The van der Waals surface area contributed by atoms with Crippen LogP contribution in [0.4, 0.5) is 15.2 Å². The highest BCUT2D eigenvalue weighted by atomic mass is 79.9. The van der Waals surface area contributed by atoms with Gasteiger partial charge in [0.25, 0.3) is 10.0 Å². The fraction of sp³-hybridized carbons (Fsp3) is 0.250. The lowest BCUT2D eigenvalue weighted by Crippen LogP contribution is -2.15. The first-order valence-electron chi connectivity index (χ1n) is 6.13. The Morgan fingerprint density at radius 1 is 1.38 bits per heavy atom. The molecule has 0 saturated heterocycles. The molecule has 0 spiro atoms. The topological polar surface area (TPSA) is 85.1 Å². The van der Waals surface area contributed by atoms with Gasteiger partial charge < -0.3 is 5.73 Å². The van der Waals surface area contributed by atoms with Crippen LogP contribution in [0.15, 0.2) is 21.5 Å². The van der Waals surface area contributed by atoms with Gasteiger partial charge in [-0.05, 0) is 47.3 Å². The van der Waals surface area contributed by atoms with E-state index in [0.29, 0.717) is 0 Å². The molecular weight excluding hydrogens is 381 g/mol. The second-order valence-electron chi connectivity index (χ2n) is 4.66. The summed E-state index contributed by atoms with van der Waals surface area (Å²) in [6.07, 6.45) is 2.80. The monoisotopic (exact) mass is 391 g/mol. The maximum absolute atomic E-state index is 14.0. The van der Waals surface area contributed by atoms with Gasteiger partial charge in [-0.25, -0.2) is 17.8 Å². The first-order chi connectivity index (χ1) is 9.87. The summed E-state index contributed by atoms with van der Waals surface area (Å²) < 4.78 is 40.9. The van der Waals surface area contributed by atoms with Crippen molar-refractivity contribution in [2.45, 2.75) is 24.2 Å². The first kappa shape index (κ1) is 14.7. The number of nitrogens with zero attached hydrogens (tertiary/aromatic N) is 1. The fourth-order valence-electron chi connectivity index (χ4n) is 2.18. The van der Waals surface area contributed by atoms with Crippen LogP contribution in [0.1, 0.15) is 17.0 Å². The molecule has 1 aromatic heterocycles. The highest BCUT2D eigenvalue weighted by Gasteiger charge is 2.25. The summed E-state index contributed by atoms with van der Waals surface area (Å²) in [5, 5.41) is 0.262. The van der Waals surface area contributed by atoms with Crippen molar-refractivity contribution in [2.24, 2.45) is 0 Å². The van der Waals surface area contributed by atoms with Gasteiger partial charge in [-0.15, -0.1) is 11.3 Å². The molecule has 0 atom stereocenters. The number of halogens is 2. The van der Waals surface area contributed by atoms with E-state index in [2.05, 4.69) is 25.6 Å². The quantitative estimate of drug-likeness (QED) is 0.787. The number of nitrogens with two attached hydrogens (primary N) is 1. The number of nitrogens with one attached hydrogen (secondary N) is 1. The first-order valence-corrected chi connectivity index (χ1v) is 9.22. The third-order valence-electron chi connectivity index (χ3n) is 3.12. The van der Waals surface area contributed by atoms with Crippen LogP contribution in [0.3, 0.4) is 0 Å². The van der Waals surface area contributed by atoms with Crippen LogP contribution < -0.4 is 10.5 Å². The van der Waals surface area contributed by atoms with E-state index in [9.17, 15) is 12.8 Å². The van der Waals surface area contributed by atoms with Gasteiger partial charge in [0.15, 0.2) is 10.9 Å². The Balaban J connectivity index is 1.97. The summed E-state index contributed by atoms with van der Waals surface area (Å²) in [7, 11) is -4.06. The minimum absolute atomic E-state index is 0.00417. The van der Waals surface area contributed by atoms with Crippen LogP contribution in [0.2, 0.25) is 0 Å². The van der Waals surface area contributed by atoms with Crippen molar-refractivity contribution in [3.63, 3.8) is 0 Å². The molecule has 0 fully saturated rings. The van der Waals surface area contributed by atoms with Gasteiger partial charge in [0.05, 0.1) is 10.2 Å². The highest BCUT2D eigenvalue weighted by molar-refractivity contribution is 9.10. The van der Waals surface area contributed by atoms with E-state index in [4.69, 9.17) is 5.73 Å². The lowest BCUT2D eigenvalue weighted by molar-refractivity contribution is 0.567. The number of hydrogen-bond donors (Lipinski definition) is 2. The molecule has 1 aliphatic rings. The van der Waals surface area contributed by atoms with Crippen molar-refractivity contribution in [2.75, 3.05) is 10.5 Å². The summed E-state index contributed by atoms with van der Waals surface area (Å²) in [6, 6.07) is 2.40. The number of aromatic nitrogens is 1. The third kappa shape index (κ3) is 2.77. The van der Waals surface area contributed by atoms with Crippen molar-refractivity contribution in [3.8, 4) is 0 Å². The SMILES string of the molecule is Nc1cc(Br)c(F)c(S(=O)(=O)Nc2nc3c(s2)CCC3)c1. The second-order valence-corrected chi connectivity index (χ2v) is 8.25. The van der Waals surface area contributed by atoms with Gasteiger partial charge in [-0.1, -0.05) is 0 Å². The van der Waals surface area contributed by atoms with Gasteiger partial charge >= 0.3 is 0 Å². The Labute approximate surface area is 133 Å². The highest BCUT2D eigenvalue weighted by Crippen LogP contribution is 2.33. The normalized spacial score (nSPS) is 14.2. The van der Waals surface area contributed by atoms with Crippen molar-refractivity contribution < 1.29 is 12.8 Å². The van der Waals surface area contributed by atoms with Gasteiger partial charge in [0, 0.05) is 10.6 Å². The zero-order chi connectivity index (χ0) is 15.2. The Morgan fingerprint density at radius 2 is 2.14 bits per heavy atom. The Kier molecular flexibility index (Phi) is 3.66. The number of aryl methyl sites for hydroxylation is 2. The van der Waals surface area contributed by atoms with Crippen LogP contribution in [0.5, 0.6) is 0 Å². The van der Waals surface area contributed by atoms with Gasteiger partial charge in [-0.2, -0.15) is 0 Å². The Hall–Kier alpha value is -1.19. The van der Waals surface area contributed by atoms with E-state index in [-0.39, 0.29) is 15.3 Å². The zero-order valence-electron chi connectivity index (χ0n) is 10.7.